The van der Waals surface area contributed by atoms with Crippen LogP contribution in [0.4, 0.5) is 5.69 Å². The molecule has 0 saturated carbocycles. The predicted molar refractivity (Wildman–Crippen MR) is 412 cm³/mol. The Morgan fingerprint density at radius 2 is 0.854 bits per heavy atom. The fourth-order valence-electron chi connectivity index (χ4n) is 8.93. The van der Waals surface area contributed by atoms with Gasteiger partial charge in [0.25, 0.3) is 5.78 Å². The molecule has 0 aliphatic heterocycles. The molecule has 0 spiro atoms. The molecule has 24 heteroatoms. The molecule has 0 atom stereocenters. The summed E-state index contributed by atoms with van der Waals surface area (Å²) in [6.07, 6.45) is 8.54. The maximum Gasteiger partial charge on any atom is 0.379 e. The number of carbonyl (C=O) groups is 2. The lowest BCUT2D eigenvalue weighted by Crippen LogP contribution is -2.19. The first kappa shape index (κ1) is 74.3. The van der Waals surface area contributed by atoms with Crippen LogP contribution < -0.4 is 29.4 Å². The molecule has 96 heavy (non-hydrogen) atoms. The van der Waals surface area contributed by atoms with Crippen LogP contribution in [-0.4, -0.2) is 69.7 Å². The zero-order valence-corrected chi connectivity index (χ0v) is 62.2. The van der Waals surface area contributed by atoms with Crippen molar-refractivity contribution in [2.75, 3.05) is 33.7 Å². The van der Waals surface area contributed by atoms with E-state index in [0.717, 1.165) is 71.2 Å². The number of anilines is 1. The van der Waals surface area contributed by atoms with Crippen molar-refractivity contribution in [1.29, 1.82) is 0 Å². The van der Waals surface area contributed by atoms with Crippen LogP contribution in [0.2, 0.25) is 30.1 Å². The highest BCUT2D eigenvalue weighted by Gasteiger charge is 2.27. The van der Waals surface area contributed by atoms with Crippen LogP contribution in [-0.2, 0) is 22.7 Å². The molecule has 0 bridgehead atoms. The van der Waals surface area contributed by atoms with Crippen LogP contribution in [0.3, 0.4) is 0 Å². The first-order valence-corrected chi connectivity index (χ1v) is 34.1. The predicted octanol–water partition coefficient (Wildman–Crippen LogP) is 20.8. The lowest BCUT2D eigenvalue weighted by Gasteiger charge is -2.14. The number of hydrogen-bond acceptors (Lipinski definition) is 15. The van der Waals surface area contributed by atoms with Gasteiger partial charge in [-0.15, -0.1) is 0 Å². The summed E-state index contributed by atoms with van der Waals surface area (Å²) < 4.78 is 34.5. The van der Waals surface area contributed by atoms with Gasteiger partial charge in [0, 0.05) is 63.6 Å². The fraction of sp³-hybridized carbons (Fsp3) is 0.0972. The summed E-state index contributed by atoms with van der Waals surface area (Å²) >= 11 is 42.7. The molecule has 8 aromatic carbocycles. The van der Waals surface area contributed by atoms with E-state index < -0.39 is 11.8 Å². The highest BCUT2D eigenvalue weighted by atomic mass is 127. The quantitative estimate of drug-likeness (QED) is 0.0384. The first-order valence-electron chi connectivity index (χ1n) is 28.6. The number of nitrogen functional groups attached to an aromatic ring is 1. The van der Waals surface area contributed by atoms with Gasteiger partial charge in [0.05, 0.1) is 102 Å². The molecule has 5 heterocycles. The van der Waals surface area contributed by atoms with Crippen LogP contribution in [0.25, 0.3) is 54.5 Å². The number of aromatic hydroxyl groups is 1. The molecule has 5 aromatic heterocycles. The molecule has 15 nitrogen and oxygen atoms in total. The largest absolute Gasteiger partial charge is 0.505 e. The molecule has 0 unspecified atom stereocenters. The molecule has 3 N–H and O–H groups in total. The second-order valence-corrected chi connectivity index (χ2v) is 25.4. The van der Waals surface area contributed by atoms with Gasteiger partial charge in [-0.3, -0.25) is 29.7 Å². The summed E-state index contributed by atoms with van der Waals surface area (Å²) in [7, 11) is 4.78. The molecule has 0 saturated heterocycles. The lowest BCUT2D eigenvalue weighted by molar-refractivity contribution is -0.137. The number of benzene rings is 8. The summed E-state index contributed by atoms with van der Waals surface area (Å²) in [4.78, 5) is 45.8. The number of nitrogens with two attached hydrogens (primary N) is 1. The normalized spacial score (nSPS) is 10.4. The van der Waals surface area contributed by atoms with Gasteiger partial charge in [0.1, 0.15) is 30.5 Å². The number of fused-ring (bicyclic) bond motifs is 5. The van der Waals surface area contributed by atoms with Crippen LogP contribution >= 0.6 is 137 Å². The molecule has 0 radical (unpaired) electrons. The number of pyridine rings is 5. The number of hydrogen-bond donors (Lipinski definition) is 2. The van der Waals surface area contributed by atoms with Crippen molar-refractivity contribution in [2.45, 2.75) is 20.1 Å². The number of halogens is 9. The van der Waals surface area contributed by atoms with E-state index in [1.54, 1.807) is 108 Å². The van der Waals surface area contributed by atoms with Crippen molar-refractivity contribution >= 4 is 209 Å². The van der Waals surface area contributed by atoms with Crippen molar-refractivity contribution in [1.82, 2.24) is 24.9 Å². The Morgan fingerprint density at radius 3 is 1.35 bits per heavy atom. The Morgan fingerprint density at radius 1 is 0.438 bits per heavy atom. The van der Waals surface area contributed by atoms with Crippen molar-refractivity contribution in [3.8, 4) is 34.5 Å². The third kappa shape index (κ3) is 19.6. The van der Waals surface area contributed by atoms with Crippen molar-refractivity contribution in [2.24, 2.45) is 0 Å². The average molecular weight is 1740 g/mol. The zero-order valence-electron chi connectivity index (χ0n) is 51.2. The van der Waals surface area contributed by atoms with E-state index >= 15 is 0 Å². The smallest absolute Gasteiger partial charge is 0.379 e. The van der Waals surface area contributed by atoms with E-state index in [9.17, 15) is 14.7 Å². The maximum absolute atomic E-state index is 12.7. The molecule has 13 aromatic rings. The van der Waals surface area contributed by atoms with E-state index in [1.165, 1.54) is 0 Å². The summed E-state index contributed by atoms with van der Waals surface area (Å²) in [5.41, 5.74) is 12.1. The highest BCUT2D eigenvalue weighted by molar-refractivity contribution is 14.1. The summed E-state index contributed by atoms with van der Waals surface area (Å²) in [5.74, 6) is 1.28. The van der Waals surface area contributed by atoms with Gasteiger partial charge < -0.3 is 39.3 Å². The Bertz CT molecular complexity index is 4860. The van der Waals surface area contributed by atoms with Crippen molar-refractivity contribution in [3.05, 3.63) is 264 Å². The van der Waals surface area contributed by atoms with Gasteiger partial charge in [-0.2, -0.15) is 0 Å². The van der Waals surface area contributed by atoms with E-state index in [0.29, 0.717) is 65.6 Å². The average Bonchev–Trinajstić information content (AvgIpc) is 0.778. The van der Waals surface area contributed by atoms with E-state index in [1.807, 2.05) is 127 Å². The molecule has 0 aliphatic carbocycles. The molecular weight excluding hydrogens is 1690 g/mol. The van der Waals surface area contributed by atoms with Gasteiger partial charge in [-0.25, -0.2) is 4.79 Å². The Hall–Kier alpha value is -7.52. The number of ether oxygens (including phenoxy) is 6. The second kappa shape index (κ2) is 36.7. The summed E-state index contributed by atoms with van der Waals surface area (Å²) in [6.45, 7) is 2.44. The molecule has 0 amide bonds. The Labute approximate surface area is 623 Å². The van der Waals surface area contributed by atoms with Gasteiger partial charge >= 0.3 is 5.97 Å². The number of nitrogens with zero attached hydrogens (tertiary/aromatic N) is 5. The minimum Gasteiger partial charge on any atom is -0.505 e. The number of aromatic nitrogens is 5. The number of ketones is 1. The maximum atomic E-state index is 12.7. The number of esters is 1. The first-order chi connectivity index (χ1) is 46.3. The fourth-order valence-corrected chi connectivity index (χ4v) is 13.5. The minimum atomic E-state index is -0.954. The van der Waals surface area contributed by atoms with Gasteiger partial charge in [0.15, 0.2) is 17.2 Å². The number of Topliss-reactive ketones (excluding diaryl/α,β-unsaturated/α-hetero) is 1. The summed E-state index contributed by atoms with van der Waals surface area (Å²) in [5, 5.41) is 17.0. The topological polar surface area (TPSA) is 200 Å². The van der Waals surface area contributed by atoms with E-state index in [4.69, 9.17) is 104 Å². The number of methoxy groups -OCH3 is 3. The second-order valence-electron chi connectivity index (χ2n) is 19.7. The molecule has 0 fully saturated rings. The van der Waals surface area contributed by atoms with Crippen molar-refractivity contribution < 1.29 is 43.1 Å². The minimum absolute atomic E-state index is 0.0648. The monoisotopic (exact) mass is 1740 g/mol. The summed E-state index contributed by atoms with van der Waals surface area (Å²) in [6, 6.07) is 54.0. The van der Waals surface area contributed by atoms with Crippen LogP contribution in [0.1, 0.15) is 28.4 Å². The SMILES string of the molecule is CCOC(=O)C(=O)c1c(OCc2ccccc2)c(Cl)cc2ncccc12.COc1c(Cl)cc2ncccc2c1I.COc1cc2cccnc2cc1Cl.COc1ccc(N)cc1Cl.Clc1cc2ncccc2c(I)c1OCc1ccccc1.Oc1c(Cl)cc2ncccc2c1I. The molecule has 0 aliphatic rings. The Kier molecular flexibility index (Phi) is 28.4. The highest BCUT2D eigenvalue weighted by Crippen LogP contribution is 2.40. The van der Waals surface area contributed by atoms with Gasteiger partial charge in [0.2, 0.25) is 0 Å². The van der Waals surface area contributed by atoms with E-state index in [2.05, 4.69) is 92.7 Å². The number of carbonyl (C=O) groups excluding carboxylic acids is 2. The van der Waals surface area contributed by atoms with Crippen LogP contribution in [0.5, 0.6) is 34.5 Å². The van der Waals surface area contributed by atoms with Crippen molar-refractivity contribution in [3.63, 3.8) is 0 Å². The number of phenols is 1. The third-order valence-corrected chi connectivity index (χ3v) is 18.4. The number of rotatable bonds is 12. The van der Waals surface area contributed by atoms with Gasteiger partial charge in [-0.1, -0.05) is 161 Å². The third-order valence-electron chi connectivity index (χ3n) is 13.5. The number of phenolic OH excluding ortho intramolecular Hbond substituents is 1. The molecule has 490 valence electrons. The molecular formula is C72H55Cl6I3N6O9. The zero-order chi connectivity index (χ0) is 68.8. The standard InChI is InChI=1S/C20H16ClNO4.C16H11ClINO.C10H7ClINO.C10H8ClNO.C9H5ClINO.C7H8ClNO/c1-2-25-20(24)18(23)17-14-9-6-10-22-16(14)11-15(21)19(17)26-12-13-7-4-3-5-8-13;17-13-9-14-12(7-4-8-19-14)15(18)16(13)20-10-11-5-2-1-3-6-11;1-14-10-7(11)5-8-6(9(10)12)3-2-4-13-8;1-13-10-5-7-3-2-4-12-9(7)6-8(10)11;10-6-4-7-5(2-1-3-12-7)8(11)9(6)13;1-10-7-3-2-5(9)4-6(7)8/h3-11H,2,12H2,1H3;1-9H,10H2;2-5H,1H3;2-6H,1H3;1-4,13H;2-4H,9H2,1H3. The lowest BCUT2D eigenvalue weighted by atomic mass is 10.0. The molecule has 13 rings (SSSR count). The van der Waals surface area contributed by atoms with Crippen LogP contribution in [0, 0.1) is 10.7 Å². The Balaban J connectivity index is 0.000000152. The van der Waals surface area contributed by atoms with E-state index in [-0.39, 0.29) is 35.3 Å². The van der Waals surface area contributed by atoms with Crippen LogP contribution in [0.15, 0.2) is 207 Å². The van der Waals surface area contributed by atoms with Gasteiger partial charge in [-0.05, 0) is 171 Å².